The molecule has 2 aromatic rings. The molecule has 27 heavy (non-hydrogen) atoms. The summed E-state index contributed by atoms with van der Waals surface area (Å²) in [6.07, 6.45) is 0. The van der Waals surface area contributed by atoms with E-state index in [-0.39, 0.29) is 17.3 Å². The van der Waals surface area contributed by atoms with Crippen molar-refractivity contribution in [2.45, 2.75) is 18.7 Å². The van der Waals surface area contributed by atoms with Gasteiger partial charge in [0.2, 0.25) is 10.0 Å². The van der Waals surface area contributed by atoms with Crippen molar-refractivity contribution >= 4 is 21.6 Å². The van der Waals surface area contributed by atoms with Gasteiger partial charge in [0, 0.05) is 19.8 Å². The number of hydrogen-bond donors (Lipinski definition) is 1. The monoisotopic (exact) mass is 392 g/mol. The number of anilines is 1. The Hall–Kier alpha value is -2.58. The van der Waals surface area contributed by atoms with E-state index in [1.807, 2.05) is 32.0 Å². The second kappa shape index (κ2) is 8.41. The first-order valence-corrected chi connectivity index (χ1v) is 9.69. The lowest BCUT2D eigenvalue weighted by molar-refractivity contribution is -0.118. The summed E-state index contributed by atoms with van der Waals surface area (Å²) in [4.78, 5) is 12.2. The van der Waals surface area contributed by atoms with Gasteiger partial charge in [0.15, 0.2) is 6.61 Å². The maximum atomic E-state index is 12.4. The fourth-order valence-corrected chi connectivity index (χ4v) is 3.59. The summed E-state index contributed by atoms with van der Waals surface area (Å²) in [7, 11) is 0.528. The van der Waals surface area contributed by atoms with Crippen molar-refractivity contribution in [3.8, 4) is 11.5 Å². The van der Waals surface area contributed by atoms with Gasteiger partial charge in [-0.25, -0.2) is 12.7 Å². The molecule has 0 heterocycles. The summed E-state index contributed by atoms with van der Waals surface area (Å²) in [5, 5.41) is 2.64. The molecule has 1 N–H and O–H groups in total. The van der Waals surface area contributed by atoms with Gasteiger partial charge in [-0.1, -0.05) is 6.07 Å². The first-order chi connectivity index (χ1) is 12.6. The lowest BCUT2D eigenvalue weighted by Gasteiger charge is -2.16. The number of carbonyl (C=O) groups excluding carboxylic acids is 1. The van der Waals surface area contributed by atoms with Crippen molar-refractivity contribution in [2.75, 3.05) is 33.1 Å². The Morgan fingerprint density at radius 1 is 1.07 bits per heavy atom. The van der Waals surface area contributed by atoms with Gasteiger partial charge < -0.3 is 14.8 Å². The fourth-order valence-electron chi connectivity index (χ4n) is 2.51. The molecule has 0 aliphatic heterocycles. The van der Waals surface area contributed by atoms with E-state index in [2.05, 4.69) is 5.32 Å². The molecule has 2 rings (SSSR count). The molecule has 0 atom stereocenters. The number of methoxy groups -OCH3 is 1. The highest BCUT2D eigenvalue weighted by Gasteiger charge is 2.23. The molecule has 146 valence electrons. The minimum absolute atomic E-state index is 0.0250. The minimum atomic E-state index is -3.72. The number of nitrogens with zero attached hydrogens (tertiary/aromatic N) is 1. The Labute approximate surface area is 160 Å². The summed E-state index contributed by atoms with van der Waals surface area (Å²) in [5.74, 6) is 0.411. The van der Waals surface area contributed by atoms with Crippen LogP contribution in [0.1, 0.15) is 11.1 Å². The van der Waals surface area contributed by atoms with E-state index >= 15 is 0 Å². The van der Waals surface area contributed by atoms with Crippen LogP contribution in [0.4, 0.5) is 5.69 Å². The van der Waals surface area contributed by atoms with Crippen LogP contribution in [0, 0.1) is 13.8 Å². The highest BCUT2D eigenvalue weighted by atomic mass is 32.2. The number of aryl methyl sites for hydroxylation is 2. The Balaban J connectivity index is 2.13. The molecule has 1 amide bonds. The van der Waals surface area contributed by atoms with Crippen LogP contribution in [0.15, 0.2) is 41.3 Å². The van der Waals surface area contributed by atoms with E-state index in [1.54, 1.807) is 6.07 Å². The number of hydrogen-bond acceptors (Lipinski definition) is 5. The van der Waals surface area contributed by atoms with Gasteiger partial charge >= 0.3 is 0 Å². The lowest BCUT2D eigenvalue weighted by atomic mass is 10.1. The molecule has 0 aromatic heterocycles. The van der Waals surface area contributed by atoms with E-state index in [9.17, 15) is 13.2 Å². The molecular weight excluding hydrogens is 368 g/mol. The zero-order valence-corrected chi connectivity index (χ0v) is 16.9. The van der Waals surface area contributed by atoms with Gasteiger partial charge in [-0.2, -0.15) is 0 Å². The fraction of sp³-hybridized carbons (Fsp3) is 0.316. The zero-order chi connectivity index (χ0) is 20.2. The standard InChI is InChI=1S/C19H24N2O5S/c1-13-8-14(2)10-16(9-13)26-12-19(22)20-15-6-7-17(25-5)18(11-15)27(23,24)21(3)4/h6-11H,12H2,1-5H3,(H,20,22). The number of amides is 1. The maximum absolute atomic E-state index is 12.4. The first-order valence-electron chi connectivity index (χ1n) is 8.25. The molecule has 8 heteroatoms. The first kappa shape index (κ1) is 20.7. The topological polar surface area (TPSA) is 84.9 Å². The highest BCUT2D eigenvalue weighted by Crippen LogP contribution is 2.28. The molecule has 0 unspecified atom stereocenters. The molecular formula is C19H24N2O5S. The SMILES string of the molecule is COc1ccc(NC(=O)COc2cc(C)cc(C)c2)cc1S(=O)(=O)N(C)C. The third-order valence-corrected chi connectivity index (χ3v) is 5.61. The normalized spacial score (nSPS) is 11.3. The Kier molecular flexibility index (Phi) is 6.45. The van der Waals surface area contributed by atoms with Crippen LogP contribution in [0.2, 0.25) is 0 Å². The number of carbonyl (C=O) groups is 1. The van der Waals surface area contributed by atoms with Crippen molar-refractivity contribution in [3.63, 3.8) is 0 Å². The molecule has 2 aromatic carbocycles. The van der Waals surface area contributed by atoms with Crippen LogP contribution in [0.5, 0.6) is 11.5 Å². The summed E-state index contributed by atoms with van der Waals surface area (Å²) in [5.41, 5.74) is 2.42. The van der Waals surface area contributed by atoms with Crippen LogP contribution in [0.25, 0.3) is 0 Å². The Morgan fingerprint density at radius 2 is 1.70 bits per heavy atom. The summed E-state index contributed by atoms with van der Waals surface area (Å²) < 4.78 is 36.6. The predicted molar refractivity (Wildman–Crippen MR) is 104 cm³/mol. The van der Waals surface area contributed by atoms with Gasteiger partial charge in [-0.3, -0.25) is 4.79 Å². The van der Waals surface area contributed by atoms with Gasteiger partial charge in [0.25, 0.3) is 5.91 Å². The van der Waals surface area contributed by atoms with Crippen LogP contribution in [-0.2, 0) is 14.8 Å². The minimum Gasteiger partial charge on any atom is -0.495 e. The summed E-state index contributed by atoms with van der Waals surface area (Å²) in [6.45, 7) is 3.71. The molecule has 7 nitrogen and oxygen atoms in total. The van der Waals surface area contributed by atoms with Crippen LogP contribution in [-0.4, -0.2) is 46.4 Å². The molecule has 0 aliphatic rings. The van der Waals surface area contributed by atoms with E-state index < -0.39 is 15.9 Å². The quantitative estimate of drug-likeness (QED) is 0.783. The van der Waals surface area contributed by atoms with Crippen molar-refractivity contribution < 1.29 is 22.7 Å². The molecule has 0 aliphatic carbocycles. The smallest absolute Gasteiger partial charge is 0.262 e. The van der Waals surface area contributed by atoms with Gasteiger partial charge in [0.05, 0.1) is 7.11 Å². The molecule has 0 spiro atoms. The largest absolute Gasteiger partial charge is 0.495 e. The van der Waals surface area contributed by atoms with Crippen LogP contribution in [0.3, 0.4) is 0 Å². The van der Waals surface area contributed by atoms with Crippen LogP contribution >= 0.6 is 0 Å². The molecule has 0 bridgehead atoms. The molecule has 0 saturated heterocycles. The lowest BCUT2D eigenvalue weighted by Crippen LogP contribution is -2.24. The van der Waals surface area contributed by atoms with Crippen molar-refractivity contribution in [1.29, 1.82) is 0 Å². The molecule has 0 radical (unpaired) electrons. The van der Waals surface area contributed by atoms with Gasteiger partial charge in [-0.15, -0.1) is 0 Å². The number of ether oxygens (including phenoxy) is 2. The van der Waals surface area contributed by atoms with E-state index in [0.717, 1.165) is 15.4 Å². The Bertz CT molecular complexity index is 919. The van der Waals surface area contributed by atoms with Gasteiger partial charge in [-0.05, 0) is 55.3 Å². The maximum Gasteiger partial charge on any atom is 0.262 e. The second-order valence-electron chi connectivity index (χ2n) is 6.31. The predicted octanol–water partition coefficient (Wildman–Crippen LogP) is 2.58. The number of benzene rings is 2. The third-order valence-electron chi connectivity index (χ3n) is 3.77. The summed E-state index contributed by atoms with van der Waals surface area (Å²) in [6, 6.07) is 10.1. The van der Waals surface area contributed by atoms with E-state index in [0.29, 0.717) is 11.4 Å². The highest BCUT2D eigenvalue weighted by molar-refractivity contribution is 7.89. The molecule has 0 fully saturated rings. The Morgan fingerprint density at radius 3 is 2.26 bits per heavy atom. The van der Waals surface area contributed by atoms with Crippen LogP contribution < -0.4 is 14.8 Å². The summed E-state index contributed by atoms with van der Waals surface area (Å²) >= 11 is 0. The average molecular weight is 392 g/mol. The van der Waals surface area contributed by atoms with Crippen molar-refractivity contribution in [2.24, 2.45) is 0 Å². The van der Waals surface area contributed by atoms with E-state index in [1.165, 1.54) is 33.3 Å². The van der Waals surface area contributed by atoms with Crippen molar-refractivity contribution in [3.05, 3.63) is 47.5 Å². The van der Waals surface area contributed by atoms with Crippen molar-refractivity contribution in [1.82, 2.24) is 4.31 Å². The second-order valence-corrected chi connectivity index (χ2v) is 8.43. The number of sulfonamides is 1. The number of nitrogens with one attached hydrogen (secondary N) is 1. The number of rotatable bonds is 7. The third kappa shape index (κ3) is 5.21. The van der Waals surface area contributed by atoms with E-state index in [4.69, 9.17) is 9.47 Å². The van der Waals surface area contributed by atoms with Gasteiger partial charge in [0.1, 0.15) is 16.4 Å². The average Bonchev–Trinajstić information content (AvgIpc) is 2.59. The molecule has 0 saturated carbocycles. The zero-order valence-electron chi connectivity index (χ0n) is 16.1.